The second-order valence-electron chi connectivity index (χ2n) is 6.46. The third-order valence-electron chi connectivity index (χ3n) is 3.91. The number of rotatable bonds is 6. The van der Waals surface area contributed by atoms with E-state index in [-0.39, 0.29) is 11.8 Å². The zero-order chi connectivity index (χ0) is 22.3. The number of hydrazine groups is 1. The number of nitrogens with one attached hydrogen (secondary N) is 1. The van der Waals surface area contributed by atoms with Gasteiger partial charge in [-0.1, -0.05) is 0 Å². The molecule has 0 fully saturated rings. The summed E-state index contributed by atoms with van der Waals surface area (Å²) >= 11 is 1.16. The number of carbonyl (C=O) groups excluding carboxylic acids is 2. The Hall–Kier alpha value is -3.12. The molecule has 0 bridgehead atoms. The highest BCUT2D eigenvalue weighted by Gasteiger charge is 2.18. The zero-order valence-electron chi connectivity index (χ0n) is 17.2. The standard InChI is InChI=1S/C19H25N7O3S/c1-25(2)18(28)12-5-7-13(8-6-12)22-17(27)15-11-14(24-29-4)9-10-16(15)30-19(23-20)26(3)21/h5-11,24H,20-21H2,1-4H3,(H,22,27)/p+1/b23-19+. The number of nitrogens with two attached hydrogens (primary N) is 3. The Labute approximate surface area is 179 Å². The molecule has 2 aromatic rings. The molecule has 0 aliphatic heterocycles. The van der Waals surface area contributed by atoms with Crippen LogP contribution in [0.1, 0.15) is 20.7 Å². The quantitative estimate of drug-likeness (QED) is 0.130. The third kappa shape index (κ3) is 5.94. The van der Waals surface area contributed by atoms with E-state index in [9.17, 15) is 9.59 Å². The molecule has 160 valence electrons. The van der Waals surface area contributed by atoms with E-state index >= 15 is 0 Å². The number of amides is 2. The monoisotopic (exact) mass is 432 g/mol. The lowest BCUT2D eigenvalue weighted by molar-refractivity contribution is -0.830. The van der Waals surface area contributed by atoms with E-state index in [1.807, 2.05) is 0 Å². The zero-order valence-corrected chi connectivity index (χ0v) is 18.1. The Morgan fingerprint density at radius 3 is 2.33 bits per heavy atom. The van der Waals surface area contributed by atoms with Crippen LogP contribution in [0.3, 0.4) is 0 Å². The fourth-order valence-electron chi connectivity index (χ4n) is 2.46. The van der Waals surface area contributed by atoms with Gasteiger partial charge < -0.3 is 16.1 Å². The molecule has 0 aliphatic rings. The summed E-state index contributed by atoms with van der Waals surface area (Å²) in [5.41, 5.74) is 3.71. The van der Waals surface area contributed by atoms with Gasteiger partial charge in [0.1, 0.15) is 0 Å². The summed E-state index contributed by atoms with van der Waals surface area (Å²) in [6.07, 6.45) is 0. The highest BCUT2D eigenvalue weighted by Crippen LogP contribution is 2.27. The average Bonchev–Trinajstić information content (AvgIpc) is 2.72. The van der Waals surface area contributed by atoms with Crippen LogP contribution in [0.5, 0.6) is 0 Å². The van der Waals surface area contributed by atoms with Gasteiger partial charge in [0.05, 0.1) is 12.7 Å². The van der Waals surface area contributed by atoms with E-state index in [0.717, 1.165) is 11.8 Å². The SMILES string of the molecule is CO[NH2+]c1ccc(S/C(=N/N)N(C)N)c(C(=O)Nc2ccc(C(=O)N(C)C)cc2)c1. The molecule has 10 nitrogen and oxygen atoms in total. The van der Waals surface area contributed by atoms with Crippen molar-refractivity contribution < 1.29 is 19.9 Å². The van der Waals surface area contributed by atoms with Crippen molar-refractivity contribution in [2.75, 3.05) is 33.6 Å². The third-order valence-corrected chi connectivity index (χ3v) is 5.06. The average molecular weight is 433 g/mol. The van der Waals surface area contributed by atoms with E-state index in [1.54, 1.807) is 63.6 Å². The fraction of sp³-hybridized carbons (Fsp3) is 0.211. The van der Waals surface area contributed by atoms with Gasteiger partial charge in [-0.25, -0.2) is 10.7 Å². The molecule has 0 spiro atoms. The minimum atomic E-state index is -0.341. The second-order valence-corrected chi connectivity index (χ2v) is 7.47. The predicted molar refractivity (Wildman–Crippen MR) is 117 cm³/mol. The van der Waals surface area contributed by atoms with Crippen LogP contribution in [0.4, 0.5) is 11.4 Å². The number of hydrazone groups is 1. The van der Waals surface area contributed by atoms with Crippen molar-refractivity contribution in [1.29, 1.82) is 0 Å². The smallest absolute Gasteiger partial charge is 0.257 e. The van der Waals surface area contributed by atoms with Gasteiger partial charge in [0.2, 0.25) is 5.17 Å². The minimum Gasteiger partial charge on any atom is -0.345 e. The Morgan fingerprint density at radius 2 is 1.80 bits per heavy atom. The summed E-state index contributed by atoms with van der Waals surface area (Å²) in [6.45, 7) is 0. The second kappa shape index (κ2) is 10.6. The van der Waals surface area contributed by atoms with Crippen LogP contribution in [0.25, 0.3) is 0 Å². The number of quaternary nitrogens is 1. The molecule has 30 heavy (non-hydrogen) atoms. The van der Waals surface area contributed by atoms with Crippen molar-refractivity contribution in [3.05, 3.63) is 53.6 Å². The predicted octanol–water partition coefficient (Wildman–Crippen LogP) is 0.524. The molecule has 0 radical (unpaired) electrons. The van der Waals surface area contributed by atoms with Gasteiger partial charge in [-0.15, -0.1) is 0 Å². The van der Waals surface area contributed by atoms with Crippen LogP contribution in [-0.2, 0) is 4.84 Å². The molecule has 0 atom stereocenters. The summed E-state index contributed by atoms with van der Waals surface area (Å²) in [6, 6.07) is 11.9. The fourth-order valence-corrected chi connectivity index (χ4v) is 3.26. The van der Waals surface area contributed by atoms with Crippen molar-refractivity contribution in [1.82, 2.24) is 9.91 Å². The van der Waals surface area contributed by atoms with E-state index in [4.69, 9.17) is 16.5 Å². The van der Waals surface area contributed by atoms with Crippen molar-refractivity contribution in [3.8, 4) is 0 Å². The molecular formula is C19H26N7O3S+. The minimum absolute atomic E-state index is 0.117. The van der Waals surface area contributed by atoms with Crippen LogP contribution < -0.4 is 22.5 Å². The summed E-state index contributed by atoms with van der Waals surface area (Å²) in [5.74, 6) is 10.7. The van der Waals surface area contributed by atoms with Crippen molar-refractivity contribution in [2.24, 2.45) is 16.8 Å². The molecule has 7 N–H and O–H groups in total. The number of nitrogens with zero attached hydrogens (tertiary/aromatic N) is 3. The molecule has 0 saturated heterocycles. The number of hydrogen-bond acceptors (Lipinski definition) is 7. The molecule has 11 heteroatoms. The number of anilines is 1. The summed E-state index contributed by atoms with van der Waals surface area (Å²) in [5, 5.41) is 8.08. The maximum Gasteiger partial charge on any atom is 0.257 e. The van der Waals surface area contributed by atoms with E-state index in [0.29, 0.717) is 32.6 Å². The summed E-state index contributed by atoms with van der Waals surface area (Å²) < 4.78 is 0. The Balaban J connectivity index is 2.30. The summed E-state index contributed by atoms with van der Waals surface area (Å²) in [7, 11) is 6.49. The first-order chi connectivity index (χ1) is 14.3. The lowest BCUT2D eigenvalue weighted by Crippen LogP contribution is -2.75. The largest absolute Gasteiger partial charge is 0.345 e. The molecule has 2 amide bonds. The Morgan fingerprint density at radius 1 is 1.13 bits per heavy atom. The first kappa shape index (κ1) is 23.2. The van der Waals surface area contributed by atoms with Crippen LogP contribution >= 0.6 is 11.8 Å². The van der Waals surface area contributed by atoms with Crippen molar-refractivity contribution in [2.45, 2.75) is 4.90 Å². The van der Waals surface area contributed by atoms with Gasteiger partial charge in [-0.05, 0) is 42.1 Å². The lowest BCUT2D eigenvalue weighted by Gasteiger charge is -2.16. The lowest BCUT2D eigenvalue weighted by atomic mass is 10.1. The van der Waals surface area contributed by atoms with Crippen LogP contribution in [0.2, 0.25) is 0 Å². The number of carbonyl (C=O) groups is 2. The maximum absolute atomic E-state index is 13.0. The Kier molecular flexibility index (Phi) is 8.18. The van der Waals surface area contributed by atoms with E-state index < -0.39 is 0 Å². The van der Waals surface area contributed by atoms with Gasteiger partial charge in [-0.2, -0.15) is 10.6 Å². The van der Waals surface area contributed by atoms with Crippen LogP contribution in [-0.4, -0.2) is 55.1 Å². The van der Waals surface area contributed by atoms with Gasteiger partial charge in [0.25, 0.3) is 11.8 Å². The van der Waals surface area contributed by atoms with Crippen molar-refractivity contribution >= 4 is 40.1 Å². The van der Waals surface area contributed by atoms with Crippen LogP contribution in [0, 0.1) is 0 Å². The van der Waals surface area contributed by atoms with Gasteiger partial charge in [0, 0.05) is 49.4 Å². The van der Waals surface area contributed by atoms with Crippen LogP contribution in [0.15, 0.2) is 52.5 Å². The first-order valence-electron chi connectivity index (χ1n) is 8.84. The summed E-state index contributed by atoms with van der Waals surface area (Å²) in [4.78, 5) is 32.1. The topological polar surface area (TPSA) is 143 Å². The van der Waals surface area contributed by atoms with Gasteiger partial charge in [-0.3, -0.25) is 14.6 Å². The number of benzene rings is 2. The molecule has 0 unspecified atom stereocenters. The molecule has 2 aromatic carbocycles. The van der Waals surface area contributed by atoms with Gasteiger partial charge >= 0.3 is 0 Å². The molecule has 2 rings (SSSR count). The highest BCUT2D eigenvalue weighted by atomic mass is 32.2. The highest BCUT2D eigenvalue weighted by molar-refractivity contribution is 8.13. The molecular weight excluding hydrogens is 406 g/mol. The van der Waals surface area contributed by atoms with E-state index in [1.165, 1.54) is 22.5 Å². The molecule has 0 heterocycles. The normalized spacial score (nSPS) is 11.2. The maximum atomic E-state index is 13.0. The Bertz CT molecular complexity index is 930. The van der Waals surface area contributed by atoms with Gasteiger partial charge in [0.15, 0.2) is 5.69 Å². The molecule has 0 aliphatic carbocycles. The molecule has 0 aromatic heterocycles. The number of thioether (sulfide) groups is 1. The van der Waals surface area contributed by atoms with E-state index in [2.05, 4.69) is 10.4 Å². The number of amidine groups is 1. The number of hydrogen-bond donors (Lipinski definition) is 4. The van der Waals surface area contributed by atoms with Crippen molar-refractivity contribution in [3.63, 3.8) is 0 Å². The first-order valence-corrected chi connectivity index (χ1v) is 9.65. The molecule has 0 saturated carbocycles.